The number of piperidine rings is 1. The van der Waals surface area contributed by atoms with Gasteiger partial charge in [-0.25, -0.2) is 4.98 Å². The van der Waals surface area contributed by atoms with Crippen molar-refractivity contribution in [1.82, 2.24) is 24.2 Å². The molecule has 0 aliphatic carbocycles. The Balaban J connectivity index is 1.59. The van der Waals surface area contributed by atoms with Crippen LogP contribution in [-0.4, -0.2) is 49.8 Å². The number of imidazole rings is 1. The van der Waals surface area contributed by atoms with Gasteiger partial charge in [0.25, 0.3) is 0 Å². The quantitative estimate of drug-likeness (QED) is 0.911. The Morgan fingerprint density at radius 3 is 2.96 bits per heavy atom. The van der Waals surface area contributed by atoms with Crippen LogP contribution < -0.4 is 5.32 Å². The summed E-state index contributed by atoms with van der Waals surface area (Å²) in [7, 11) is 1.84. The van der Waals surface area contributed by atoms with Crippen molar-refractivity contribution in [2.45, 2.75) is 38.6 Å². The Morgan fingerprint density at radius 1 is 1.42 bits per heavy atom. The Labute approximate surface area is 142 Å². The predicted octanol–water partition coefficient (Wildman–Crippen LogP) is 2.02. The Kier molecular flexibility index (Phi) is 4.99. The molecule has 130 valence electrons. The average molecular weight is 330 g/mol. The molecule has 0 aromatic carbocycles. The van der Waals surface area contributed by atoms with Crippen molar-refractivity contribution in [2.24, 2.45) is 7.05 Å². The molecule has 2 aromatic rings. The first kappa shape index (κ1) is 16.7. The highest BCUT2D eigenvalue weighted by atomic mass is 16.2. The second kappa shape index (κ2) is 7.17. The Bertz CT molecular complexity index is 689. The zero-order chi connectivity index (χ0) is 17.1. The van der Waals surface area contributed by atoms with E-state index in [1.54, 1.807) is 10.7 Å². The number of carbonyl (C=O) groups excluding carboxylic acids is 1. The summed E-state index contributed by atoms with van der Waals surface area (Å²) in [6.07, 6.45) is 7.96. The number of nitrogens with zero attached hydrogens (tertiary/aromatic N) is 5. The number of anilines is 1. The largest absolute Gasteiger partial charge is 0.332 e. The van der Waals surface area contributed by atoms with Crippen LogP contribution in [0.1, 0.15) is 44.5 Å². The van der Waals surface area contributed by atoms with Crippen LogP contribution in [0.2, 0.25) is 0 Å². The molecular weight excluding hydrogens is 304 g/mol. The van der Waals surface area contributed by atoms with Crippen LogP contribution in [-0.2, 0) is 11.8 Å². The van der Waals surface area contributed by atoms with Gasteiger partial charge in [-0.05, 0) is 33.2 Å². The molecule has 1 amide bonds. The van der Waals surface area contributed by atoms with Crippen molar-refractivity contribution < 1.29 is 4.79 Å². The van der Waals surface area contributed by atoms with E-state index in [1.807, 2.05) is 25.6 Å². The first-order valence-electron chi connectivity index (χ1n) is 8.57. The number of likely N-dealkylation sites (tertiary alicyclic amines) is 1. The number of amides is 1. The van der Waals surface area contributed by atoms with Crippen LogP contribution in [0, 0.1) is 0 Å². The molecule has 0 unspecified atom stereocenters. The SMILES string of the molecule is CC(C)n1ccnc1[C@@H]1CCCN(CC(=O)Nc2ccn(C)n2)C1. The molecule has 1 saturated heterocycles. The van der Waals surface area contributed by atoms with E-state index in [1.165, 1.54) is 0 Å². The fourth-order valence-electron chi connectivity index (χ4n) is 3.35. The maximum Gasteiger partial charge on any atom is 0.239 e. The van der Waals surface area contributed by atoms with Crippen LogP contribution >= 0.6 is 0 Å². The summed E-state index contributed by atoms with van der Waals surface area (Å²) in [4.78, 5) is 19.0. The van der Waals surface area contributed by atoms with E-state index in [4.69, 9.17) is 0 Å². The van der Waals surface area contributed by atoms with Gasteiger partial charge >= 0.3 is 0 Å². The lowest BCUT2D eigenvalue weighted by Crippen LogP contribution is -2.40. The normalized spacial score (nSPS) is 18.9. The Hall–Kier alpha value is -2.15. The molecule has 1 fully saturated rings. The summed E-state index contributed by atoms with van der Waals surface area (Å²) in [6.45, 7) is 6.57. The molecule has 1 atom stereocenters. The summed E-state index contributed by atoms with van der Waals surface area (Å²) >= 11 is 0. The topological polar surface area (TPSA) is 68.0 Å². The number of rotatable bonds is 5. The molecule has 3 rings (SSSR count). The van der Waals surface area contributed by atoms with Crippen molar-refractivity contribution >= 4 is 11.7 Å². The van der Waals surface area contributed by atoms with Gasteiger partial charge in [0.2, 0.25) is 5.91 Å². The number of hydrogen-bond acceptors (Lipinski definition) is 4. The number of carbonyl (C=O) groups is 1. The summed E-state index contributed by atoms with van der Waals surface area (Å²) in [5, 5.41) is 7.04. The van der Waals surface area contributed by atoms with E-state index in [9.17, 15) is 4.79 Å². The van der Waals surface area contributed by atoms with Crippen molar-refractivity contribution in [3.63, 3.8) is 0 Å². The number of hydrogen-bond donors (Lipinski definition) is 1. The lowest BCUT2D eigenvalue weighted by Gasteiger charge is -2.32. The lowest BCUT2D eigenvalue weighted by molar-refractivity contribution is -0.117. The van der Waals surface area contributed by atoms with E-state index < -0.39 is 0 Å². The zero-order valence-corrected chi connectivity index (χ0v) is 14.6. The molecule has 24 heavy (non-hydrogen) atoms. The summed E-state index contributed by atoms with van der Waals surface area (Å²) in [6, 6.07) is 2.21. The van der Waals surface area contributed by atoms with Crippen molar-refractivity contribution in [3.8, 4) is 0 Å². The van der Waals surface area contributed by atoms with E-state index in [-0.39, 0.29) is 5.91 Å². The molecule has 0 spiro atoms. The lowest BCUT2D eigenvalue weighted by atomic mass is 9.97. The molecule has 0 bridgehead atoms. The van der Waals surface area contributed by atoms with Gasteiger partial charge in [0.1, 0.15) is 5.82 Å². The highest BCUT2D eigenvalue weighted by molar-refractivity contribution is 5.91. The molecule has 1 N–H and O–H groups in total. The number of nitrogens with one attached hydrogen (secondary N) is 1. The average Bonchev–Trinajstić information content (AvgIpc) is 3.16. The molecule has 1 aliphatic heterocycles. The zero-order valence-electron chi connectivity index (χ0n) is 14.6. The molecule has 2 aromatic heterocycles. The second-order valence-electron chi connectivity index (χ2n) is 6.78. The smallest absolute Gasteiger partial charge is 0.239 e. The van der Waals surface area contributed by atoms with E-state index in [0.717, 1.165) is 31.8 Å². The molecule has 1 aliphatic rings. The minimum atomic E-state index is -0.0125. The maximum absolute atomic E-state index is 12.2. The predicted molar refractivity (Wildman–Crippen MR) is 92.9 cm³/mol. The van der Waals surface area contributed by atoms with Gasteiger partial charge < -0.3 is 9.88 Å². The van der Waals surface area contributed by atoms with Crippen LogP contribution in [0.15, 0.2) is 24.7 Å². The van der Waals surface area contributed by atoms with Gasteiger partial charge in [-0.1, -0.05) is 0 Å². The van der Waals surface area contributed by atoms with E-state index in [0.29, 0.717) is 24.3 Å². The molecule has 3 heterocycles. The monoisotopic (exact) mass is 330 g/mol. The molecule has 7 nitrogen and oxygen atoms in total. The fraction of sp³-hybridized carbons (Fsp3) is 0.588. The maximum atomic E-state index is 12.2. The summed E-state index contributed by atoms with van der Waals surface area (Å²) < 4.78 is 3.92. The summed E-state index contributed by atoms with van der Waals surface area (Å²) in [5.41, 5.74) is 0. The van der Waals surface area contributed by atoms with E-state index in [2.05, 4.69) is 38.7 Å². The number of aromatic nitrogens is 4. The van der Waals surface area contributed by atoms with Crippen LogP contribution in [0.5, 0.6) is 0 Å². The van der Waals surface area contributed by atoms with Crippen LogP contribution in [0.3, 0.4) is 0 Å². The second-order valence-corrected chi connectivity index (χ2v) is 6.78. The van der Waals surface area contributed by atoms with Gasteiger partial charge in [0.05, 0.1) is 6.54 Å². The molecule has 0 radical (unpaired) electrons. The van der Waals surface area contributed by atoms with Crippen molar-refractivity contribution in [1.29, 1.82) is 0 Å². The Morgan fingerprint density at radius 2 is 2.25 bits per heavy atom. The molecular formula is C17H26N6O. The molecule has 7 heteroatoms. The molecule has 0 saturated carbocycles. The van der Waals surface area contributed by atoms with Gasteiger partial charge in [-0.3, -0.25) is 14.4 Å². The van der Waals surface area contributed by atoms with Gasteiger partial charge in [0.15, 0.2) is 5.82 Å². The van der Waals surface area contributed by atoms with Gasteiger partial charge in [-0.2, -0.15) is 5.10 Å². The third-order valence-corrected chi connectivity index (χ3v) is 4.47. The van der Waals surface area contributed by atoms with Crippen LogP contribution in [0.4, 0.5) is 5.82 Å². The minimum Gasteiger partial charge on any atom is -0.332 e. The highest BCUT2D eigenvalue weighted by Crippen LogP contribution is 2.27. The van der Waals surface area contributed by atoms with E-state index >= 15 is 0 Å². The van der Waals surface area contributed by atoms with Crippen molar-refractivity contribution in [2.75, 3.05) is 25.0 Å². The van der Waals surface area contributed by atoms with Gasteiger partial charge in [0, 0.05) is 50.2 Å². The van der Waals surface area contributed by atoms with Crippen molar-refractivity contribution in [3.05, 3.63) is 30.5 Å². The van der Waals surface area contributed by atoms with Crippen LogP contribution in [0.25, 0.3) is 0 Å². The van der Waals surface area contributed by atoms with Gasteiger partial charge in [-0.15, -0.1) is 0 Å². The number of aryl methyl sites for hydroxylation is 1. The third-order valence-electron chi connectivity index (χ3n) is 4.47. The highest BCUT2D eigenvalue weighted by Gasteiger charge is 2.26. The third kappa shape index (κ3) is 3.84. The fourth-order valence-corrected chi connectivity index (χ4v) is 3.35. The standard InChI is InChI=1S/C17H26N6O/c1-13(2)23-10-7-18-17(23)14-5-4-8-22(11-14)12-16(24)19-15-6-9-21(3)20-15/h6-7,9-10,13-14H,4-5,8,11-12H2,1-3H3,(H,19,20,24)/t14-/m1/s1. The first-order valence-corrected chi connectivity index (χ1v) is 8.57. The first-order chi connectivity index (χ1) is 11.5. The summed E-state index contributed by atoms with van der Waals surface area (Å²) in [5.74, 6) is 2.12. The minimum absolute atomic E-state index is 0.0125.